The Labute approximate surface area is 231 Å². The third-order valence-electron chi connectivity index (χ3n) is 7.11. The Morgan fingerprint density at radius 3 is 1.61 bits per heavy atom. The van der Waals surface area contributed by atoms with Crippen molar-refractivity contribution in [1.29, 1.82) is 0 Å². The van der Waals surface area contributed by atoms with Gasteiger partial charge in [0.15, 0.2) is 0 Å². The monoisotopic (exact) mass is 512 g/mol. The van der Waals surface area contributed by atoms with Gasteiger partial charge in [-0.15, -0.1) is 0 Å². The van der Waals surface area contributed by atoms with Gasteiger partial charge in [0.25, 0.3) is 0 Å². The van der Waals surface area contributed by atoms with Gasteiger partial charge in [-0.05, 0) is 48.0 Å². The van der Waals surface area contributed by atoms with E-state index in [9.17, 15) is 0 Å². The Morgan fingerprint density at radius 2 is 1.21 bits per heavy atom. The van der Waals surface area contributed by atoms with Crippen molar-refractivity contribution in [2.24, 2.45) is 0 Å². The molecule has 38 heavy (non-hydrogen) atoms. The van der Waals surface area contributed by atoms with Crippen LogP contribution in [0.25, 0.3) is 0 Å². The Kier molecular flexibility index (Phi) is 9.72. The lowest BCUT2D eigenvalue weighted by molar-refractivity contribution is 0.592. The maximum absolute atomic E-state index is 4.35. The van der Waals surface area contributed by atoms with Crippen LogP contribution < -0.4 is 0 Å². The molecule has 1 heterocycles. The van der Waals surface area contributed by atoms with Crippen molar-refractivity contribution < 1.29 is 0 Å². The van der Waals surface area contributed by atoms with Crippen LogP contribution in [0.2, 0.25) is 6.04 Å². The quantitative estimate of drug-likeness (QED) is 0.169. The molecule has 2 nitrogen and oxygen atoms in total. The van der Waals surface area contributed by atoms with Crippen LogP contribution in [0.1, 0.15) is 41.9 Å². The number of aromatic nitrogens is 2. The Balaban J connectivity index is 0.000000204. The van der Waals surface area contributed by atoms with E-state index in [2.05, 4.69) is 165 Å². The highest BCUT2D eigenvalue weighted by Crippen LogP contribution is 2.34. The molecule has 0 aliphatic rings. The maximum atomic E-state index is 4.35. The summed E-state index contributed by atoms with van der Waals surface area (Å²) in [7, 11) is 1.70. The summed E-state index contributed by atoms with van der Waals surface area (Å²) in [6.45, 7) is 4.36. The summed E-state index contributed by atoms with van der Waals surface area (Å²) in [6.07, 6.45) is 8.34. The lowest BCUT2D eigenvalue weighted by atomic mass is 9.76. The number of nitrogens with zero attached hydrogens (tertiary/aromatic N) is 2. The fourth-order valence-electron chi connectivity index (χ4n) is 5.04. The summed E-state index contributed by atoms with van der Waals surface area (Å²) >= 11 is 0. The van der Waals surface area contributed by atoms with E-state index in [0.717, 1.165) is 6.04 Å². The van der Waals surface area contributed by atoms with Crippen molar-refractivity contribution >= 4 is 17.4 Å². The first-order valence-electron chi connectivity index (χ1n) is 13.4. The van der Waals surface area contributed by atoms with E-state index in [-0.39, 0.29) is 5.16 Å². The summed E-state index contributed by atoms with van der Waals surface area (Å²) in [4.78, 5) is 4.35. The van der Waals surface area contributed by atoms with E-state index in [4.69, 9.17) is 0 Å². The minimum Gasteiger partial charge on any atom is -0.327 e. The van der Waals surface area contributed by atoms with Gasteiger partial charge in [0.2, 0.25) is 0 Å². The first kappa shape index (κ1) is 27.2. The smallest absolute Gasteiger partial charge is 0.116 e. The molecule has 0 unspecified atom stereocenters. The molecular weight excluding hydrogens is 475 g/mol. The van der Waals surface area contributed by atoms with Gasteiger partial charge in [0.1, 0.15) is 7.85 Å². The number of hydrogen-bond acceptors (Lipinski definition) is 1. The molecule has 0 amide bonds. The van der Waals surface area contributed by atoms with E-state index >= 15 is 0 Å². The van der Waals surface area contributed by atoms with Gasteiger partial charge >= 0.3 is 0 Å². The van der Waals surface area contributed by atoms with Crippen molar-refractivity contribution in [3.05, 3.63) is 174 Å². The molecule has 0 aliphatic heterocycles. The molecular formula is C34H37BN2Si. The van der Waals surface area contributed by atoms with Crippen molar-refractivity contribution in [1.82, 2.24) is 9.55 Å². The molecule has 0 atom stereocenters. The summed E-state index contributed by atoms with van der Waals surface area (Å²) in [5, 5.41) is -0.106. The molecule has 4 aromatic carbocycles. The Bertz CT molecular complexity index is 1290. The van der Waals surface area contributed by atoms with Crippen LogP contribution in [0, 0.1) is 0 Å². The molecule has 0 saturated carbocycles. The van der Waals surface area contributed by atoms with Gasteiger partial charge in [-0.25, -0.2) is 4.98 Å². The average molecular weight is 513 g/mol. The van der Waals surface area contributed by atoms with Gasteiger partial charge in [0.05, 0.1) is 21.0 Å². The molecule has 0 aliphatic carbocycles. The lowest BCUT2D eigenvalue weighted by Crippen LogP contribution is -2.41. The van der Waals surface area contributed by atoms with Crippen LogP contribution in [0.3, 0.4) is 0 Å². The van der Waals surface area contributed by atoms with E-state index in [1.165, 1.54) is 27.8 Å². The van der Waals surface area contributed by atoms with Crippen LogP contribution in [0.4, 0.5) is 0 Å². The third kappa shape index (κ3) is 6.70. The van der Waals surface area contributed by atoms with E-state index in [0.29, 0.717) is 5.82 Å². The molecule has 0 fully saturated rings. The predicted octanol–water partition coefficient (Wildman–Crippen LogP) is 6.59. The first-order valence-corrected chi connectivity index (χ1v) is 15.1. The van der Waals surface area contributed by atoms with Crippen LogP contribution in [-0.4, -0.2) is 26.9 Å². The van der Waals surface area contributed by atoms with Crippen molar-refractivity contribution in [3.8, 4) is 0 Å². The largest absolute Gasteiger partial charge is 0.327 e. The van der Waals surface area contributed by atoms with E-state index in [1.54, 1.807) is 0 Å². The minimum absolute atomic E-state index is 0.106. The van der Waals surface area contributed by atoms with Crippen molar-refractivity contribution in [2.75, 3.05) is 0 Å². The van der Waals surface area contributed by atoms with Crippen LogP contribution >= 0.6 is 0 Å². The second-order valence-electron chi connectivity index (χ2n) is 9.93. The van der Waals surface area contributed by atoms with Crippen LogP contribution in [0.5, 0.6) is 0 Å². The summed E-state index contributed by atoms with van der Waals surface area (Å²) in [5.74, 6) is 0.484. The highest BCUT2D eigenvalue weighted by atomic mass is 28.2. The number of allylic oxidation sites excluding steroid dienone is 2. The molecule has 1 aromatic heterocycles. The zero-order valence-corrected chi connectivity index (χ0v) is 24.2. The van der Waals surface area contributed by atoms with Crippen LogP contribution in [-0.2, 0) is 5.16 Å². The molecule has 0 spiro atoms. The number of hydrogen-bond donors (Lipinski definition) is 0. The molecule has 190 valence electrons. The molecule has 4 heteroatoms. The number of rotatable bonds is 8. The van der Waals surface area contributed by atoms with Gasteiger partial charge in [0, 0.05) is 12.4 Å². The fraction of sp³-hybridized carbons (Fsp3) is 0.147. The van der Waals surface area contributed by atoms with Crippen LogP contribution in [0.15, 0.2) is 152 Å². The molecule has 5 rings (SSSR count). The molecule has 0 bridgehead atoms. The minimum atomic E-state index is -0.543. The van der Waals surface area contributed by atoms with Gasteiger partial charge in [-0.2, -0.15) is 0 Å². The normalized spacial score (nSPS) is 11.2. The number of benzene rings is 4. The topological polar surface area (TPSA) is 17.8 Å². The molecule has 5 aromatic rings. The predicted molar refractivity (Wildman–Crippen MR) is 167 cm³/mol. The van der Waals surface area contributed by atoms with Gasteiger partial charge < -0.3 is 4.57 Å². The standard InChI is InChI=1S/C21H24N2Si.C13H13B/c1-18(2)13-16-24-21(23-15-14-22-17-23,19-9-5-3-6-10-19)20-11-7-4-8-12-20;14-13(11-7-3-1-4-8-11)12-9-5-2-6-10-12/h3-15,17H,16,24H2,1-2H3;1-10,13H,14H2. The Hall–Kier alpha value is -3.89. The SMILES string of the molecule is BC(c1ccccc1)c1ccccc1.CC(C)=CC[SiH2]C(c1ccccc1)(c1ccccc1)n1ccnc1. The molecule has 0 saturated heterocycles. The highest BCUT2D eigenvalue weighted by Gasteiger charge is 2.35. The van der Waals surface area contributed by atoms with Crippen molar-refractivity contribution in [2.45, 2.75) is 30.9 Å². The van der Waals surface area contributed by atoms with Gasteiger partial charge in [-0.1, -0.05) is 133 Å². The zero-order chi connectivity index (χ0) is 26.6. The molecule has 0 N–H and O–H groups in total. The Morgan fingerprint density at radius 1 is 0.763 bits per heavy atom. The third-order valence-corrected chi connectivity index (χ3v) is 9.59. The van der Waals surface area contributed by atoms with E-state index in [1.807, 2.05) is 12.5 Å². The highest BCUT2D eigenvalue weighted by molar-refractivity contribution is 6.42. The lowest BCUT2D eigenvalue weighted by Gasteiger charge is -2.36. The molecule has 0 radical (unpaired) electrons. The summed E-state index contributed by atoms with van der Waals surface area (Å²) in [6, 6.07) is 44.1. The summed E-state index contributed by atoms with van der Waals surface area (Å²) < 4.78 is 2.31. The first-order chi connectivity index (χ1) is 18.6. The maximum Gasteiger partial charge on any atom is 0.116 e. The average Bonchev–Trinajstić information content (AvgIpc) is 3.53. The van der Waals surface area contributed by atoms with Crippen molar-refractivity contribution in [3.63, 3.8) is 0 Å². The second-order valence-corrected chi connectivity index (χ2v) is 12.0. The number of imidazole rings is 1. The second kappa shape index (κ2) is 13.6. The zero-order valence-electron chi connectivity index (χ0n) is 22.7. The summed E-state index contributed by atoms with van der Waals surface area (Å²) in [5.41, 5.74) is 6.84. The van der Waals surface area contributed by atoms with Gasteiger partial charge in [-0.3, -0.25) is 0 Å². The fourth-order valence-corrected chi connectivity index (χ4v) is 7.67. The van der Waals surface area contributed by atoms with E-state index < -0.39 is 9.52 Å².